The van der Waals surface area contributed by atoms with Crippen molar-refractivity contribution in [1.82, 2.24) is 0 Å². The zero-order valence-corrected chi connectivity index (χ0v) is 18.6. The minimum Gasteiger partial charge on any atom is -0.461 e. The number of azo groups is 1. The lowest BCUT2D eigenvalue weighted by Crippen LogP contribution is -2.33. The molecule has 2 atom stereocenters. The zero-order chi connectivity index (χ0) is 23.9. The highest BCUT2D eigenvalue weighted by atomic mass is 16.6. The Morgan fingerprint density at radius 1 is 1.09 bits per heavy atom. The van der Waals surface area contributed by atoms with Gasteiger partial charge in [-0.25, -0.2) is 9.59 Å². The number of hydrogen-bond acceptors (Lipinski definition) is 9. The molecule has 1 saturated heterocycles. The Bertz CT molecular complexity index is 1090. The molecule has 0 spiro atoms. The van der Waals surface area contributed by atoms with Crippen molar-refractivity contribution in [3.05, 3.63) is 60.2 Å². The van der Waals surface area contributed by atoms with E-state index in [1.54, 1.807) is 61.5 Å². The molecule has 1 fully saturated rings. The number of benzene rings is 2. The molecule has 0 radical (unpaired) electrons. The van der Waals surface area contributed by atoms with Gasteiger partial charge in [0.2, 0.25) is 6.04 Å². The minimum atomic E-state index is -1.24. The van der Waals surface area contributed by atoms with Gasteiger partial charge in [-0.05, 0) is 56.2 Å². The van der Waals surface area contributed by atoms with Crippen LogP contribution in [0.5, 0.6) is 0 Å². The maximum Gasteiger partial charge on any atom is 0.357 e. The summed E-state index contributed by atoms with van der Waals surface area (Å²) in [5, 5.41) is 13.4. The van der Waals surface area contributed by atoms with Gasteiger partial charge in [-0.15, -0.1) is 0 Å². The highest BCUT2D eigenvalue weighted by Crippen LogP contribution is 2.24. The van der Waals surface area contributed by atoms with Gasteiger partial charge in [0, 0.05) is 6.61 Å². The lowest BCUT2D eigenvalue weighted by Gasteiger charge is -2.11. The lowest BCUT2D eigenvalue weighted by molar-refractivity contribution is -0.135. The van der Waals surface area contributed by atoms with E-state index in [0.717, 1.165) is 17.9 Å². The number of hydrogen-bond donors (Lipinski definition) is 0. The molecule has 34 heavy (non-hydrogen) atoms. The smallest absolute Gasteiger partial charge is 0.357 e. The van der Waals surface area contributed by atoms with Crippen LogP contribution in [0.2, 0.25) is 0 Å². The van der Waals surface area contributed by atoms with Gasteiger partial charge in [-0.3, -0.25) is 4.79 Å². The molecule has 0 bridgehead atoms. The molecule has 0 N–H and O–H groups in total. The topological polar surface area (TPSA) is 119 Å². The molecule has 10 nitrogen and oxygen atoms in total. The van der Waals surface area contributed by atoms with E-state index in [9.17, 15) is 14.4 Å². The molecule has 10 heteroatoms. The molecule has 1 amide bonds. The molecule has 2 aliphatic heterocycles. The van der Waals surface area contributed by atoms with E-state index >= 15 is 0 Å². The molecular weight excluding hydrogens is 440 g/mol. The van der Waals surface area contributed by atoms with E-state index in [2.05, 4.69) is 15.3 Å². The summed E-state index contributed by atoms with van der Waals surface area (Å²) in [6.07, 6.45) is 1.80. The van der Waals surface area contributed by atoms with Crippen LogP contribution in [0.4, 0.5) is 11.4 Å². The molecule has 2 aromatic carbocycles. The quantitative estimate of drug-likeness (QED) is 0.436. The van der Waals surface area contributed by atoms with Crippen molar-refractivity contribution in [2.24, 2.45) is 15.3 Å². The molecule has 2 aliphatic rings. The third kappa shape index (κ3) is 5.34. The molecule has 2 unspecified atom stereocenters. The summed E-state index contributed by atoms with van der Waals surface area (Å²) in [6, 6.07) is 13.7. The summed E-state index contributed by atoms with van der Waals surface area (Å²) >= 11 is 0. The van der Waals surface area contributed by atoms with Gasteiger partial charge < -0.3 is 14.2 Å². The van der Waals surface area contributed by atoms with Gasteiger partial charge in [0.05, 0.1) is 29.6 Å². The number of para-hydroxylation sites is 1. The molecule has 0 aromatic heterocycles. The van der Waals surface area contributed by atoms with Crippen LogP contribution in [-0.4, -0.2) is 55.5 Å². The Morgan fingerprint density at radius 3 is 2.53 bits per heavy atom. The van der Waals surface area contributed by atoms with Crippen LogP contribution in [0.3, 0.4) is 0 Å². The van der Waals surface area contributed by atoms with Gasteiger partial charge in [0.1, 0.15) is 6.61 Å². The lowest BCUT2D eigenvalue weighted by atomic mass is 10.2. The summed E-state index contributed by atoms with van der Waals surface area (Å²) < 4.78 is 15.8. The first-order chi connectivity index (χ1) is 16.6. The van der Waals surface area contributed by atoms with Crippen LogP contribution in [0.1, 0.15) is 30.1 Å². The van der Waals surface area contributed by atoms with Crippen molar-refractivity contribution in [1.29, 1.82) is 0 Å². The minimum absolute atomic E-state index is 0.0494. The summed E-state index contributed by atoms with van der Waals surface area (Å²) in [7, 11) is 0. The molecular formula is C24H24N4O6. The predicted octanol–water partition coefficient (Wildman–Crippen LogP) is 3.44. The van der Waals surface area contributed by atoms with E-state index in [-0.39, 0.29) is 25.0 Å². The van der Waals surface area contributed by atoms with Crippen LogP contribution >= 0.6 is 0 Å². The van der Waals surface area contributed by atoms with Gasteiger partial charge in [0.25, 0.3) is 5.91 Å². The first-order valence-corrected chi connectivity index (χ1v) is 11.0. The standard InChI is InChI=1S/C24H24N4O6/c1-2-32-24(31)21-20(22(29)28(27-21)18-7-4-3-5-8-18)26-25-17-12-10-16(11-13-17)23(30)34-15-19-9-6-14-33-19/h3-5,7-8,10-13,19-20H,2,6,9,14-15H2,1H3. The number of anilines is 1. The monoisotopic (exact) mass is 464 g/mol. The second-order valence-corrected chi connectivity index (χ2v) is 7.59. The summed E-state index contributed by atoms with van der Waals surface area (Å²) in [4.78, 5) is 37.5. The first kappa shape index (κ1) is 23.2. The number of ether oxygens (including phenoxy) is 3. The Labute approximate surface area is 196 Å². The zero-order valence-electron chi connectivity index (χ0n) is 18.6. The highest BCUT2D eigenvalue weighted by molar-refractivity contribution is 6.46. The van der Waals surface area contributed by atoms with Crippen molar-refractivity contribution < 1.29 is 28.6 Å². The average molecular weight is 464 g/mol. The highest BCUT2D eigenvalue weighted by Gasteiger charge is 2.41. The fourth-order valence-corrected chi connectivity index (χ4v) is 3.48. The molecule has 0 aliphatic carbocycles. The number of esters is 2. The van der Waals surface area contributed by atoms with Gasteiger partial charge in [0.15, 0.2) is 5.71 Å². The Balaban J connectivity index is 1.45. The fraction of sp³-hybridized carbons (Fsp3) is 0.333. The van der Waals surface area contributed by atoms with Crippen LogP contribution in [0.15, 0.2) is 69.9 Å². The van der Waals surface area contributed by atoms with Crippen molar-refractivity contribution in [3.8, 4) is 0 Å². The third-order valence-electron chi connectivity index (χ3n) is 5.21. The number of amides is 1. The summed E-state index contributed by atoms with van der Waals surface area (Å²) in [6.45, 7) is 2.70. The van der Waals surface area contributed by atoms with E-state index in [4.69, 9.17) is 14.2 Å². The largest absolute Gasteiger partial charge is 0.461 e. The molecule has 176 valence electrons. The normalized spacial score (nSPS) is 20.0. The van der Waals surface area contributed by atoms with Crippen LogP contribution in [0.25, 0.3) is 0 Å². The molecule has 2 aromatic rings. The molecule has 0 saturated carbocycles. The summed E-state index contributed by atoms with van der Waals surface area (Å²) in [5.74, 6) is -1.71. The SMILES string of the molecule is CCOC(=O)C1=NN(c2ccccc2)C(=O)C1N=Nc1ccc(C(=O)OCC2CCCO2)cc1. The molecule has 4 rings (SSSR count). The van der Waals surface area contributed by atoms with E-state index in [1.807, 2.05) is 0 Å². The molecule has 2 heterocycles. The summed E-state index contributed by atoms with van der Waals surface area (Å²) in [5.41, 5.74) is 1.11. The Kier molecular flexibility index (Phi) is 7.38. The second-order valence-electron chi connectivity index (χ2n) is 7.59. The number of rotatable bonds is 8. The maximum atomic E-state index is 12.9. The third-order valence-corrected chi connectivity index (χ3v) is 5.21. The van der Waals surface area contributed by atoms with Crippen molar-refractivity contribution >= 4 is 34.9 Å². The van der Waals surface area contributed by atoms with E-state index in [1.165, 1.54) is 0 Å². The van der Waals surface area contributed by atoms with Gasteiger partial charge in [-0.1, -0.05) is 18.2 Å². The van der Waals surface area contributed by atoms with Crippen LogP contribution in [-0.2, 0) is 23.8 Å². The van der Waals surface area contributed by atoms with Crippen LogP contribution in [0, 0.1) is 0 Å². The van der Waals surface area contributed by atoms with Crippen LogP contribution < -0.4 is 5.01 Å². The maximum absolute atomic E-state index is 12.9. The fourth-order valence-electron chi connectivity index (χ4n) is 3.48. The van der Waals surface area contributed by atoms with Crippen molar-refractivity contribution in [3.63, 3.8) is 0 Å². The van der Waals surface area contributed by atoms with E-state index in [0.29, 0.717) is 23.5 Å². The first-order valence-electron chi connectivity index (χ1n) is 11.0. The number of nitrogens with zero attached hydrogens (tertiary/aromatic N) is 4. The Hall–Kier alpha value is -3.92. The Morgan fingerprint density at radius 2 is 1.85 bits per heavy atom. The number of carbonyl (C=O) groups is 3. The van der Waals surface area contributed by atoms with E-state index < -0.39 is 23.9 Å². The average Bonchev–Trinajstić information content (AvgIpc) is 3.50. The number of hydrazone groups is 1. The van der Waals surface area contributed by atoms with Crippen molar-refractivity contribution in [2.45, 2.75) is 31.9 Å². The predicted molar refractivity (Wildman–Crippen MR) is 122 cm³/mol. The second kappa shape index (κ2) is 10.8. The van der Waals surface area contributed by atoms with Gasteiger partial charge >= 0.3 is 11.9 Å². The van der Waals surface area contributed by atoms with Gasteiger partial charge in [-0.2, -0.15) is 20.3 Å². The van der Waals surface area contributed by atoms with Crippen molar-refractivity contribution in [2.75, 3.05) is 24.8 Å². The number of carbonyl (C=O) groups excluding carboxylic acids is 3.